The van der Waals surface area contributed by atoms with E-state index in [1.165, 1.54) is 4.90 Å². The number of rotatable bonds is 7. The Bertz CT molecular complexity index is 916. The molecule has 0 bridgehead atoms. The van der Waals surface area contributed by atoms with Gasteiger partial charge in [0, 0.05) is 57.5 Å². The highest BCUT2D eigenvalue weighted by atomic mass is 16.5. The number of amides is 3. The minimum atomic E-state index is -0.691. The zero-order valence-electron chi connectivity index (χ0n) is 19.9. The van der Waals surface area contributed by atoms with Crippen LogP contribution in [0, 0.1) is 0 Å². The molecule has 0 spiro atoms. The van der Waals surface area contributed by atoms with Crippen LogP contribution in [0.15, 0.2) is 35.5 Å². The first-order valence-corrected chi connectivity index (χ1v) is 11.5. The van der Waals surface area contributed by atoms with Gasteiger partial charge in [-0.05, 0) is 19.4 Å². The standard InChI is InChI=1S/C24H34N4O5/c1-5-20(29)28-13-9-12-27(14-15-28)16-18-21(23(30)33-6-2)22(25-24(31)26(18)3)17-10-7-8-11-19(17)32-4/h7-8,10-11,22H,5-6,9,12-16H2,1-4H3,(H,25,31)/t22-/m1/s1. The molecule has 3 amide bonds. The Morgan fingerprint density at radius 2 is 1.88 bits per heavy atom. The minimum absolute atomic E-state index is 0.147. The van der Waals surface area contributed by atoms with Crippen LogP contribution in [0.2, 0.25) is 0 Å². The molecule has 33 heavy (non-hydrogen) atoms. The van der Waals surface area contributed by atoms with Crippen molar-refractivity contribution in [2.24, 2.45) is 0 Å². The number of hydrogen-bond acceptors (Lipinski definition) is 6. The lowest BCUT2D eigenvalue weighted by atomic mass is 9.93. The largest absolute Gasteiger partial charge is 0.496 e. The van der Waals surface area contributed by atoms with Gasteiger partial charge in [-0.1, -0.05) is 25.1 Å². The number of para-hydroxylation sites is 1. The summed E-state index contributed by atoms with van der Waals surface area (Å²) < 4.78 is 10.9. The molecule has 2 aliphatic rings. The zero-order chi connectivity index (χ0) is 24.0. The van der Waals surface area contributed by atoms with E-state index in [0.29, 0.717) is 55.2 Å². The van der Waals surface area contributed by atoms with E-state index in [0.717, 1.165) is 13.0 Å². The number of nitrogens with zero attached hydrogens (tertiary/aromatic N) is 3. The molecule has 0 aliphatic carbocycles. The number of hydrogen-bond donors (Lipinski definition) is 1. The van der Waals surface area contributed by atoms with Gasteiger partial charge in [0.05, 0.1) is 25.3 Å². The average Bonchev–Trinajstić information content (AvgIpc) is 3.07. The third kappa shape index (κ3) is 5.47. The number of benzene rings is 1. The lowest BCUT2D eigenvalue weighted by Crippen LogP contribution is -2.49. The van der Waals surface area contributed by atoms with Gasteiger partial charge in [-0.3, -0.25) is 14.6 Å². The molecule has 1 N–H and O–H groups in total. The van der Waals surface area contributed by atoms with E-state index in [1.54, 1.807) is 27.1 Å². The maximum Gasteiger partial charge on any atom is 0.338 e. The Morgan fingerprint density at radius 3 is 2.58 bits per heavy atom. The smallest absolute Gasteiger partial charge is 0.338 e. The topological polar surface area (TPSA) is 91.4 Å². The van der Waals surface area contributed by atoms with Crippen LogP contribution in [0.5, 0.6) is 5.75 Å². The quantitative estimate of drug-likeness (QED) is 0.630. The number of methoxy groups -OCH3 is 1. The Labute approximate surface area is 195 Å². The predicted molar refractivity (Wildman–Crippen MR) is 124 cm³/mol. The lowest BCUT2D eigenvalue weighted by molar-refractivity contribution is -0.139. The molecule has 180 valence electrons. The molecule has 0 unspecified atom stereocenters. The minimum Gasteiger partial charge on any atom is -0.496 e. The number of likely N-dealkylation sites (N-methyl/N-ethyl adjacent to an activating group) is 1. The number of nitrogens with one attached hydrogen (secondary N) is 1. The summed E-state index contributed by atoms with van der Waals surface area (Å²) in [6, 6.07) is 6.34. The fraction of sp³-hybridized carbons (Fsp3) is 0.542. The predicted octanol–water partition coefficient (Wildman–Crippen LogP) is 2.15. The van der Waals surface area contributed by atoms with E-state index in [4.69, 9.17) is 9.47 Å². The maximum atomic E-state index is 13.2. The summed E-state index contributed by atoms with van der Waals surface area (Å²) in [4.78, 5) is 43.8. The van der Waals surface area contributed by atoms with Crippen LogP contribution in [0.3, 0.4) is 0 Å². The fourth-order valence-electron chi connectivity index (χ4n) is 4.35. The van der Waals surface area contributed by atoms with Gasteiger partial charge in [-0.25, -0.2) is 9.59 Å². The van der Waals surface area contributed by atoms with Crippen LogP contribution in [0.25, 0.3) is 0 Å². The van der Waals surface area contributed by atoms with E-state index < -0.39 is 12.0 Å². The van der Waals surface area contributed by atoms with Crippen molar-refractivity contribution < 1.29 is 23.9 Å². The molecule has 1 saturated heterocycles. The first kappa shape index (κ1) is 24.6. The van der Waals surface area contributed by atoms with Gasteiger partial charge >= 0.3 is 12.0 Å². The Kier molecular flexibility index (Phi) is 8.32. The third-order valence-electron chi connectivity index (χ3n) is 6.14. The van der Waals surface area contributed by atoms with Crippen molar-refractivity contribution in [3.05, 3.63) is 41.1 Å². The number of carbonyl (C=O) groups excluding carboxylic acids is 3. The van der Waals surface area contributed by atoms with Crippen LogP contribution in [-0.4, -0.2) is 86.1 Å². The number of carbonyl (C=O) groups is 3. The monoisotopic (exact) mass is 458 g/mol. The van der Waals surface area contributed by atoms with Gasteiger partial charge in [0.15, 0.2) is 0 Å². The molecule has 2 heterocycles. The van der Waals surface area contributed by atoms with Gasteiger partial charge in [0.2, 0.25) is 5.91 Å². The van der Waals surface area contributed by atoms with Crippen LogP contribution in [0.1, 0.15) is 38.3 Å². The molecule has 3 rings (SSSR count). The zero-order valence-corrected chi connectivity index (χ0v) is 19.9. The van der Waals surface area contributed by atoms with E-state index in [9.17, 15) is 14.4 Å². The van der Waals surface area contributed by atoms with Gasteiger partial charge in [0.1, 0.15) is 5.75 Å². The summed E-state index contributed by atoms with van der Waals surface area (Å²) in [6.45, 7) is 7.03. The first-order valence-electron chi connectivity index (χ1n) is 11.5. The molecule has 0 saturated carbocycles. The SMILES string of the molecule is CCOC(=O)C1=C(CN2CCCN(C(=O)CC)CC2)N(C)C(=O)N[C@@H]1c1ccccc1OC. The molecule has 0 radical (unpaired) electrons. The van der Waals surface area contributed by atoms with Crippen LogP contribution in [0.4, 0.5) is 4.79 Å². The van der Waals surface area contributed by atoms with Crippen LogP contribution >= 0.6 is 0 Å². The van der Waals surface area contributed by atoms with Gasteiger partial charge in [0.25, 0.3) is 0 Å². The number of ether oxygens (including phenoxy) is 2. The average molecular weight is 459 g/mol. The van der Waals surface area contributed by atoms with Crippen LogP contribution < -0.4 is 10.1 Å². The molecule has 1 aromatic rings. The molecular formula is C24H34N4O5. The van der Waals surface area contributed by atoms with Gasteiger partial charge in [-0.2, -0.15) is 0 Å². The second kappa shape index (κ2) is 11.2. The summed E-state index contributed by atoms with van der Waals surface area (Å²) in [5.74, 6) is 0.263. The number of urea groups is 1. The van der Waals surface area contributed by atoms with Crippen molar-refractivity contribution in [1.82, 2.24) is 20.0 Å². The second-order valence-electron chi connectivity index (χ2n) is 8.13. The summed E-state index contributed by atoms with van der Waals surface area (Å²) in [7, 11) is 3.22. The summed E-state index contributed by atoms with van der Waals surface area (Å²) in [6.07, 6.45) is 1.32. The van der Waals surface area contributed by atoms with Crippen molar-refractivity contribution >= 4 is 17.9 Å². The summed E-state index contributed by atoms with van der Waals surface area (Å²) in [5, 5.41) is 2.93. The molecule has 1 atom stereocenters. The number of esters is 1. The van der Waals surface area contributed by atoms with Crippen molar-refractivity contribution in [1.29, 1.82) is 0 Å². The first-order chi connectivity index (χ1) is 15.9. The highest BCUT2D eigenvalue weighted by Crippen LogP contribution is 2.35. The van der Waals surface area contributed by atoms with Gasteiger partial charge < -0.3 is 19.7 Å². The Hall–Kier alpha value is -3.07. The second-order valence-corrected chi connectivity index (χ2v) is 8.13. The van der Waals surface area contributed by atoms with E-state index in [1.807, 2.05) is 30.0 Å². The van der Waals surface area contributed by atoms with Gasteiger partial charge in [-0.15, -0.1) is 0 Å². The molecule has 2 aliphatic heterocycles. The molecule has 1 fully saturated rings. The normalized spacial score (nSPS) is 19.8. The third-order valence-corrected chi connectivity index (χ3v) is 6.14. The lowest BCUT2D eigenvalue weighted by Gasteiger charge is -2.37. The van der Waals surface area contributed by atoms with Crippen molar-refractivity contribution in [2.45, 2.75) is 32.7 Å². The van der Waals surface area contributed by atoms with Crippen molar-refractivity contribution in [3.8, 4) is 5.75 Å². The highest BCUT2D eigenvalue weighted by Gasteiger charge is 2.38. The van der Waals surface area contributed by atoms with E-state index in [2.05, 4.69) is 10.2 Å². The fourth-order valence-corrected chi connectivity index (χ4v) is 4.35. The highest BCUT2D eigenvalue weighted by molar-refractivity contribution is 5.95. The summed E-state index contributed by atoms with van der Waals surface area (Å²) in [5.41, 5.74) is 1.69. The van der Waals surface area contributed by atoms with E-state index in [-0.39, 0.29) is 18.5 Å². The molecule has 0 aromatic heterocycles. The Morgan fingerprint density at radius 1 is 1.12 bits per heavy atom. The maximum absolute atomic E-state index is 13.2. The molecule has 9 nitrogen and oxygen atoms in total. The molecule has 1 aromatic carbocycles. The summed E-state index contributed by atoms with van der Waals surface area (Å²) >= 11 is 0. The van der Waals surface area contributed by atoms with E-state index >= 15 is 0 Å². The van der Waals surface area contributed by atoms with Crippen molar-refractivity contribution in [2.75, 3.05) is 53.5 Å². The molecular weight excluding hydrogens is 424 g/mol. The Balaban J connectivity index is 1.98. The van der Waals surface area contributed by atoms with Crippen LogP contribution in [-0.2, 0) is 14.3 Å². The molecule has 9 heteroatoms. The van der Waals surface area contributed by atoms with Crippen molar-refractivity contribution in [3.63, 3.8) is 0 Å².